The molecule has 0 bridgehead atoms. The number of fused-ring (bicyclic) bond motifs is 1. The first kappa shape index (κ1) is 14.5. The maximum Gasteiger partial charge on any atom is 0.309 e. The number of aryl methyl sites for hydroxylation is 1. The molecule has 5 heteroatoms. The molecule has 0 N–H and O–H groups in total. The van der Waals surface area contributed by atoms with Crippen molar-refractivity contribution in [3.63, 3.8) is 0 Å². The highest BCUT2D eigenvalue weighted by atomic mass is 16.5. The smallest absolute Gasteiger partial charge is 0.309 e. The molecular weight excluding hydrogens is 254 g/mol. The van der Waals surface area contributed by atoms with Crippen molar-refractivity contribution in [2.24, 2.45) is 13.0 Å². The molecule has 0 fully saturated rings. The first-order valence-electron chi connectivity index (χ1n) is 6.70. The van der Waals surface area contributed by atoms with E-state index in [9.17, 15) is 4.79 Å². The van der Waals surface area contributed by atoms with Crippen LogP contribution in [-0.4, -0.2) is 41.4 Å². The molecule has 0 saturated carbocycles. The lowest BCUT2D eigenvalue weighted by molar-refractivity contribution is -0.145. The highest BCUT2D eigenvalue weighted by Gasteiger charge is 2.17. The average molecular weight is 275 g/mol. The van der Waals surface area contributed by atoms with Crippen LogP contribution in [-0.2, 0) is 23.1 Å². The lowest BCUT2D eigenvalue weighted by Gasteiger charge is -2.18. The number of benzene rings is 1. The van der Waals surface area contributed by atoms with Crippen LogP contribution in [0.5, 0.6) is 0 Å². The highest BCUT2D eigenvalue weighted by Crippen LogP contribution is 2.18. The Labute approximate surface area is 119 Å². The Morgan fingerprint density at radius 2 is 2.15 bits per heavy atom. The second kappa shape index (κ2) is 6.05. The largest absolute Gasteiger partial charge is 0.469 e. The third-order valence-corrected chi connectivity index (χ3v) is 3.44. The summed E-state index contributed by atoms with van der Waals surface area (Å²) in [7, 11) is 5.36. The number of methoxy groups -OCH3 is 1. The first-order valence-corrected chi connectivity index (χ1v) is 6.70. The van der Waals surface area contributed by atoms with Crippen molar-refractivity contribution in [1.82, 2.24) is 14.7 Å². The van der Waals surface area contributed by atoms with Crippen molar-refractivity contribution >= 4 is 16.9 Å². The minimum Gasteiger partial charge on any atom is -0.469 e. The van der Waals surface area contributed by atoms with E-state index in [1.807, 2.05) is 37.8 Å². The van der Waals surface area contributed by atoms with Gasteiger partial charge in [-0.1, -0.05) is 25.1 Å². The van der Waals surface area contributed by atoms with Gasteiger partial charge in [0.1, 0.15) is 0 Å². The molecule has 0 aliphatic heterocycles. The van der Waals surface area contributed by atoms with Crippen LogP contribution in [0.3, 0.4) is 0 Å². The molecular formula is C15H21N3O2. The zero-order valence-corrected chi connectivity index (χ0v) is 12.5. The maximum atomic E-state index is 11.4. The van der Waals surface area contributed by atoms with E-state index in [0.717, 1.165) is 16.6 Å². The Kier molecular flexibility index (Phi) is 4.39. The average Bonchev–Trinajstić information content (AvgIpc) is 2.75. The molecule has 0 spiro atoms. The standard InChI is InChI=1S/C15H21N3O2/c1-11(15(19)20-4)9-17(2)10-13-12-7-5-6-8-14(12)18(3)16-13/h5-8,11H,9-10H2,1-4H3. The Bertz CT molecular complexity index is 606. The van der Waals surface area contributed by atoms with Gasteiger partial charge in [-0.3, -0.25) is 14.4 Å². The number of para-hydroxylation sites is 1. The fourth-order valence-corrected chi connectivity index (χ4v) is 2.47. The molecule has 0 aliphatic carbocycles. The van der Waals surface area contributed by atoms with Crippen LogP contribution < -0.4 is 0 Å². The molecule has 2 aromatic rings. The molecule has 5 nitrogen and oxygen atoms in total. The quantitative estimate of drug-likeness (QED) is 0.781. The third-order valence-electron chi connectivity index (χ3n) is 3.44. The number of rotatable bonds is 5. The molecule has 2 rings (SSSR count). The van der Waals surface area contributed by atoms with Crippen LogP contribution in [0.1, 0.15) is 12.6 Å². The molecule has 20 heavy (non-hydrogen) atoms. The van der Waals surface area contributed by atoms with Gasteiger partial charge in [0.15, 0.2) is 0 Å². The Morgan fingerprint density at radius 1 is 1.45 bits per heavy atom. The van der Waals surface area contributed by atoms with Gasteiger partial charge < -0.3 is 4.74 Å². The lowest BCUT2D eigenvalue weighted by Crippen LogP contribution is -2.29. The zero-order chi connectivity index (χ0) is 14.7. The number of ether oxygens (including phenoxy) is 1. The lowest BCUT2D eigenvalue weighted by atomic mass is 10.1. The maximum absolute atomic E-state index is 11.4. The van der Waals surface area contributed by atoms with Crippen molar-refractivity contribution in [2.45, 2.75) is 13.5 Å². The Hall–Kier alpha value is -1.88. The summed E-state index contributed by atoms with van der Waals surface area (Å²) >= 11 is 0. The molecule has 0 radical (unpaired) electrons. The molecule has 0 amide bonds. The van der Waals surface area contributed by atoms with E-state index in [-0.39, 0.29) is 11.9 Å². The SMILES string of the molecule is COC(=O)C(C)CN(C)Cc1nn(C)c2ccccc12. The van der Waals surface area contributed by atoms with Crippen molar-refractivity contribution in [3.8, 4) is 0 Å². The van der Waals surface area contributed by atoms with E-state index in [4.69, 9.17) is 4.74 Å². The molecule has 1 aromatic carbocycles. The predicted octanol–water partition coefficient (Wildman–Crippen LogP) is 1.81. The fourth-order valence-electron chi connectivity index (χ4n) is 2.47. The summed E-state index contributed by atoms with van der Waals surface area (Å²) in [5.41, 5.74) is 2.15. The van der Waals surface area contributed by atoms with Gasteiger partial charge in [-0.25, -0.2) is 0 Å². The molecule has 1 atom stereocenters. The van der Waals surface area contributed by atoms with Crippen LogP contribution in [0.2, 0.25) is 0 Å². The summed E-state index contributed by atoms with van der Waals surface area (Å²) in [6.07, 6.45) is 0. The molecule has 108 valence electrons. The Morgan fingerprint density at radius 3 is 2.85 bits per heavy atom. The van der Waals surface area contributed by atoms with Gasteiger partial charge in [0.25, 0.3) is 0 Å². The van der Waals surface area contributed by atoms with E-state index in [0.29, 0.717) is 13.1 Å². The normalized spacial score (nSPS) is 12.8. The summed E-state index contributed by atoms with van der Waals surface area (Å²) < 4.78 is 6.64. The van der Waals surface area contributed by atoms with Gasteiger partial charge in [0.05, 0.1) is 24.2 Å². The highest BCUT2D eigenvalue weighted by molar-refractivity contribution is 5.81. The summed E-state index contributed by atoms with van der Waals surface area (Å²) in [5, 5.41) is 5.72. The number of aromatic nitrogens is 2. The second-order valence-electron chi connectivity index (χ2n) is 5.21. The summed E-state index contributed by atoms with van der Waals surface area (Å²) in [5.74, 6) is -0.317. The number of carbonyl (C=O) groups excluding carboxylic acids is 1. The summed E-state index contributed by atoms with van der Waals surface area (Å²) in [6, 6.07) is 8.17. The number of nitrogens with zero attached hydrogens (tertiary/aromatic N) is 3. The van der Waals surface area contributed by atoms with Crippen LogP contribution in [0.15, 0.2) is 24.3 Å². The fraction of sp³-hybridized carbons (Fsp3) is 0.467. The number of hydrogen-bond donors (Lipinski definition) is 0. The van der Waals surface area contributed by atoms with Gasteiger partial charge in [-0.2, -0.15) is 5.10 Å². The first-order chi connectivity index (χ1) is 9.52. The van der Waals surface area contributed by atoms with Crippen LogP contribution in [0.4, 0.5) is 0 Å². The van der Waals surface area contributed by atoms with Crippen molar-refractivity contribution < 1.29 is 9.53 Å². The van der Waals surface area contributed by atoms with Crippen LogP contribution in [0.25, 0.3) is 10.9 Å². The van der Waals surface area contributed by atoms with Crippen LogP contribution >= 0.6 is 0 Å². The van der Waals surface area contributed by atoms with Crippen LogP contribution in [0, 0.1) is 5.92 Å². The van der Waals surface area contributed by atoms with E-state index in [1.54, 1.807) is 0 Å². The second-order valence-corrected chi connectivity index (χ2v) is 5.21. The number of esters is 1. The summed E-state index contributed by atoms with van der Waals surface area (Å²) in [4.78, 5) is 13.5. The monoisotopic (exact) mass is 275 g/mol. The van der Waals surface area contributed by atoms with Gasteiger partial charge in [0.2, 0.25) is 0 Å². The topological polar surface area (TPSA) is 47.4 Å². The summed E-state index contributed by atoms with van der Waals surface area (Å²) in [6.45, 7) is 3.24. The molecule has 0 saturated heterocycles. The minimum atomic E-state index is -0.178. The van der Waals surface area contributed by atoms with Gasteiger partial charge >= 0.3 is 5.97 Å². The number of carbonyl (C=O) groups is 1. The van der Waals surface area contributed by atoms with Crippen molar-refractivity contribution in [3.05, 3.63) is 30.0 Å². The predicted molar refractivity (Wildman–Crippen MR) is 78.2 cm³/mol. The van der Waals surface area contributed by atoms with E-state index < -0.39 is 0 Å². The molecule has 1 heterocycles. The number of hydrogen-bond acceptors (Lipinski definition) is 4. The van der Waals surface area contributed by atoms with E-state index in [2.05, 4.69) is 22.1 Å². The van der Waals surface area contributed by atoms with Gasteiger partial charge in [0, 0.05) is 25.5 Å². The minimum absolute atomic E-state index is 0.139. The molecule has 1 unspecified atom stereocenters. The molecule has 1 aromatic heterocycles. The van der Waals surface area contributed by atoms with Crippen molar-refractivity contribution in [2.75, 3.05) is 20.7 Å². The van der Waals surface area contributed by atoms with E-state index >= 15 is 0 Å². The van der Waals surface area contributed by atoms with Gasteiger partial charge in [-0.05, 0) is 13.1 Å². The molecule has 0 aliphatic rings. The van der Waals surface area contributed by atoms with E-state index in [1.165, 1.54) is 7.11 Å². The van der Waals surface area contributed by atoms with Gasteiger partial charge in [-0.15, -0.1) is 0 Å². The van der Waals surface area contributed by atoms with Crippen molar-refractivity contribution in [1.29, 1.82) is 0 Å². The third kappa shape index (κ3) is 2.99. The Balaban J connectivity index is 2.10. The zero-order valence-electron chi connectivity index (χ0n) is 12.5.